The minimum absolute atomic E-state index is 0.264. The number of carbonyl (C=O) groups excluding carboxylic acids is 1. The maximum Gasteiger partial charge on any atom is 0.220 e. The Bertz CT molecular complexity index is 178. The van der Waals surface area contributed by atoms with E-state index in [0.29, 0.717) is 12.0 Å². The van der Waals surface area contributed by atoms with Gasteiger partial charge >= 0.3 is 0 Å². The van der Waals surface area contributed by atoms with Crippen molar-refractivity contribution in [3.8, 4) is 0 Å². The molecule has 2 heteroatoms. The molecule has 0 aromatic carbocycles. The average Bonchev–Trinajstić information content (AvgIpc) is 2.34. The first kappa shape index (κ1) is 7.14. The van der Waals surface area contributed by atoms with E-state index in [1.54, 1.807) is 0 Å². The Labute approximate surface area is 67.4 Å². The summed E-state index contributed by atoms with van der Waals surface area (Å²) in [5.41, 5.74) is 0. The summed E-state index contributed by atoms with van der Waals surface area (Å²) < 4.78 is 0. The number of amides is 1. The predicted molar refractivity (Wildman–Crippen MR) is 43.1 cm³/mol. The first-order valence-electron chi connectivity index (χ1n) is 4.57. The Morgan fingerprint density at radius 1 is 1.45 bits per heavy atom. The van der Waals surface area contributed by atoms with Crippen molar-refractivity contribution in [1.29, 1.82) is 0 Å². The SMILES string of the molecule is C[C@H]1CC(=O)N[C@H]2CCC[C@H]21. The van der Waals surface area contributed by atoms with E-state index in [9.17, 15) is 4.79 Å². The molecule has 1 saturated carbocycles. The van der Waals surface area contributed by atoms with Crippen molar-refractivity contribution in [2.45, 2.75) is 38.6 Å². The fourth-order valence-corrected chi connectivity index (χ4v) is 2.56. The summed E-state index contributed by atoms with van der Waals surface area (Å²) in [4.78, 5) is 11.1. The lowest BCUT2D eigenvalue weighted by Gasteiger charge is -2.31. The highest BCUT2D eigenvalue weighted by Gasteiger charge is 2.36. The number of carbonyl (C=O) groups is 1. The molecular weight excluding hydrogens is 138 g/mol. The smallest absolute Gasteiger partial charge is 0.220 e. The fourth-order valence-electron chi connectivity index (χ4n) is 2.56. The van der Waals surface area contributed by atoms with Crippen molar-refractivity contribution in [2.75, 3.05) is 0 Å². The molecule has 0 unspecified atom stereocenters. The van der Waals surface area contributed by atoms with Crippen molar-refractivity contribution in [3.05, 3.63) is 0 Å². The van der Waals surface area contributed by atoms with Gasteiger partial charge in [-0.05, 0) is 24.7 Å². The molecule has 62 valence electrons. The average molecular weight is 153 g/mol. The van der Waals surface area contributed by atoms with Crippen LogP contribution in [0.25, 0.3) is 0 Å². The van der Waals surface area contributed by atoms with Crippen LogP contribution in [0.5, 0.6) is 0 Å². The summed E-state index contributed by atoms with van der Waals surface area (Å²) >= 11 is 0. The summed E-state index contributed by atoms with van der Waals surface area (Å²) in [7, 11) is 0. The first-order chi connectivity index (χ1) is 5.27. The predicted octanol–water partition coefficient (Wildman–Crippen LogP) is 1.31. The van der Waals surface area contributed by atoms with Gasteiger partial charge in [-0.25, -0.2) is 0 Å². The molecule has 1 N–H and O–H groups in total. The van der Waals surface area contributed by atoms with Crippen LogP contribution in [0.3, 0.4) is 0 Å². The van der Waals surface area contributed by atoms with Gasteiger partial charge < -0.3 is 5.32 Å². The maximum atomic E-state index is 11.1. The second-order valence-corrected chi connectivity index (χ2v) is 3.95. The lowest BCUT2D eigenvalue weighted by atomic mass is 9.84. The van der Waals surface area contributed by atoms with Crippen LogP contribution in [-0.4, -0.2) is 11.9 Å². The maximum absolute atomic E-state index is 11.1. The van der Waals surface area contributed by atoms with E-state index in [4.69, 9.17) is 0 Å². The van der Waals surface area contributed by atoms with Crippen molar-refractivity contribution < 1.29 is 4.79 Å². The highest BCUT2D eigenvalue weighted by molar-refractivity contribution is 5.77. The Morgan fingerprint density at radius 2 is 2.27 bits per heavy atom. The molecule has 2 rings (SSSR count). The molecule has 0 radical (unpaired) electrons. The van der Waals surface area contributed by atoms with E-state index in [1.165, 1.54) is 19.3 Å². The quantitative estimate of drug-likeness (QED) is 0.558. The van der Waals surface area contributed by atoms with Gasteiger partial charge in [0.15, 0.2) is 0 Å². The molecular formula is C9H15NO. The molecule has 0 aromatic rings. The summed E-state index contributed by atoms with van der Waals surface area (Å²) in [6, 6.07) is 0.520. The molecule has 2 nitrogen and oxygen atoms in total. The molecule has 2 aliphatic rings. The largest absolute Gasteiger partial charge is 0.353 e. The second kappa shape index (κ2) is 2.50. The van der Waals surface area contributed by atoms with Gasteiger partial charge in [-0.3, -0.25) is 4.79 Å². The summed E-state index contributed by atoms with van der Waals surface area (Å²) in [5, 5.41) is 3.07. The fraction of sp³-hybridized carbons (Fsp3) is 0.889. The molecule has 2 fully saturated rings. The van der Waals surface area contributed by atoms with Crippen LogP contribution in [0.4, 0.5) is 0 Å². The van der Waals surface area contributed by atoms with Crippen LogP contribution in [0.15, 0.2) is 0 Å². The van der Waals surface area contributed by atoms with Gasteiger partial charge in [0.05, 0.1) is 0 Å². The molecule has 1 aliphatic carbocycles. The third-order valence-electron chi connectivity index (χ3n) is 3.15. The molecule has 0 aromatic heterocycles. The zero-order chi connectivity index (χ0) is 7.84. The van der Waals surface area contributed by atoms with Gasteiger partial charge in [0, 0.05) is 12.5 Å². The van der Waals surface area contributed by atoms with Crippen molar-refractivity contribution in [1.82, 2.24) is 5.32 Å². The minimum Gasteiger partial charge on any atom is -0.353 e. The van der Waals surface area contributed by atoms with Gasteiger partial charge in [0.2, 0.25) is 5.91 Å². The van der Waals surface area contributed by atoms with Crippen LogP contribution < -0.4 is 5.32 Å². The second-order valence-electron chi connectivity index (χ2n) is 3.95. The molecule has 0 spiro atoms. The summed E-state index contributed by atoms with van der Waals surface area (Å²) in [6.07, 6.45) is 4.59. The number of fused-ring (bicyclic) bond motifs is 1. The Kier molecular flexibility index (Phi) is 1.63. The molecule has 1 saturated heterocycles. The van der Waals surface area contributed by atoms with E-state index in [2.05, 4.69) is 12.2 Å². The van der Waals surface area contributed by atoms with E-state index in [0.717, 1.165) is 12.3 Å². The lowest BCUT2D eigenvalue weighted by Crippen LogP contribution is -2.45. The zero-order valence-electron chi connectivity index (χ0n) is 6.97. The van der Waals surface area contributed by atoms with Crippen molar-refractivity contribution in [2.24, 2.45) is 11.8 Å². The number of hydrogen-bond donors (Lipinski definition) is 1. The van der Waals surface area contributed by atoms with E-state index >= 15 is 0 Å². The third kappa shape index (κ3) is 1.15. The minimum atomic E-state index is 0.264. The monoisotopic (exact) mass is 153 g/mol. The molecule has 3 atom stereocenters. The van der Waals surface area contributed by atoms with Crippen LogP contribution in [0.2, 0.25) is 0 Å². The van der Waals surface area contributed by atoms with Gasteiger partial charge in [0.1, 0.15) is 0 Å². The third-order valence-corrected chi connectivity index (χ3v) is 3.15. The highest BCUT2D eigenvalue weighted by atomic mass is 16.1. The Morgan fingerprint density at radius 3 is 3.09 bits per heavy atom. The standard InChI is InChI=1S/C9H15NO/c1-6-5-9(11)10-8-4-2-3-7(6)8/h6-8H,2-5H2,1H3,(H,10,11)/t6-,7-,8-/m0/s1. The van der Waals surface area contributed by atoms with E-state index < -0.39 is 0 Å². The van der Waals surface area contributed by atoms with Crippen LogP contribution >= 0.6 is 0 Å². The number of hydrogen-bond acceptors (Lipinski definition) is 1. The van der Waals surface area contributed by atoms with Crippen molar-refractivity contribution >= 4 is 5.91 Å². The molecule has 1 amide bonds. The number of nitrogens with one attached hydrogen (secondary N) is 1. The Balaban J connectivity index is 2.10. The summed E-state index contributed by atoms with van der Waals surface area (Å²) in [5.74, 6) is 1.67. The first-order valence-corrected chi connectivity index (χ1v) is 4.57. The van der Waals surface area contributed by atoms with Crippen LogP contribution in [0.1, 0.15) is 32.6 Å². The molecule has 1 aliphatic heterocycles. The van der Waals surface area contributed by atoms with Gasteiger partial charge in [-0.15, -0.1) is 0 Å². The van der Waals surface area contributed by atoms with Gasteiger partial charge in [-0.2, -0.15) is 0 Å². The lowest BCUT2D eigenvalue weighted by molar-refractivity contribution is -0.125. The normalized spacial score (nSPS) is 43.4. The van der Waals surface area contributed by atoms with Gasteiger partial charge in [0.25, 0.3) is 0 Å². The molecule has 1 heterocycles. The number of rotatable bonds is 0. The zero-order valence-corrected chi connectivity index (χ0v) is 6.97. The highest BCUT2D eigenvalue weighted by Crippen LogP contribution is 2.35. The molecule has 11 heavy (non-hydrogen) atoms. The van der Waals surface area contributed by atoms with Crippen molar-refractivity contribution in [3.63, 3.8) is 0 Å². The molecule has 0 bridgehead atoms. The summed E-state index contributed by atoms with van der Waals surface area (Å²) in [6.45, 7) is 2.21. The Hall–Kier alpha value is -0.530. The number of piperidine rings is 1. The van der Waals surface area contributed by atoms with Gasteiger partial charge in [-0.1, -0.05) is 13.3 Å². The van der Waals surface area contributed by atoms with E-state index in [1.807, 2.05) is 0 Å². The topological polar surface area (TPSA) is 29.1 Å². The van der Waals surface area contributed by atoms with E-state index in [-0.39, 0.29) is 5.91 Å². The van der Waals surface area contributed by atoms with Crippen LogP contribution in [-0.2, 0) is 4.79 Å². The van der Waals surface area contributed by atoms with Crippen LogP contribution in [0, 0.1) is 11.8 Å².